The molecule has 0 aliphatic carbocycles. The summed E-state index contributed by atoms with van der Waals surface area (Å²) < 4.78 is 10.7. The van der Waals surface area contributed by atoms with E-state index in [1.807, 2.05) is 32.0 Å². The number of imide groups is 1. The average Bonchev–Trinajstić information content (AvgIpc) is 3.05. The van der Waals surface area contributed by atoms with Gasteiger partial charge < -0.3 is 14.8 Å². The summed E-state index contributed by atoms with van der Waals surface area (Å²) in [5.74, 6) is 0.144. The Morgan fingerprint density at radius 2 is 1.58 bits per heavy atom. The van der Waals surface area contributed by atoms with Gasteiger partial charge in [-0.3, -0.25) is 9.59 Å². The molecule has 1 heterocycles. The Balaban J connectivity index is 1.85. The first-order valence-electron chi connectivity index (χ1n) is 10.3. The van der Waals surface area contributed by atoms with Crippen LogP contribution in [0, 0.1) is 13.8 Å². The van der Waals surface area contributed by atoms with Crippen molar-refractivity contribution in [2.24, 2.45) is 0 Å². The Labute approximate surface area is 197 Å². The number of halogens is 1. The van der Waals surface area contributed by atoms with Crippen LogP contribution in [0.1, 0.15) is 16.7 Å². The van der Waals surface area contributed by atoms with Crippen LogP contribution < -0.4 is 19.7 Å². The van der Waals surface area contributed by atoms with E-state index in [1.165, 1.54) is 7.11 Å². The average molecular weight is 463 g/mol. The van der Waals surface area contributed by atoms with E-state index in [0.29, 0.717) is 33.5 Å². The zero-order chi connectivity index (χ0) is 23.7. The summed E-state index contributed by atoms with van der Waals surface area (Å²) in [4.78, 5) is 28.4. The zero-order valence-corrected chi connectivity index (χ0v) is 19.5. The maximum atomic E-state index is 13.7. The van der Waals surface area contributed by atoms with Crippen LogP contribution in [0.4, 0.5) is 11.4 Å². The quantitative estimate of drug-likeness (QED) is 0.499. The molecular weight excluding hydrogens is 440 g/mol. The second-order valence-electron chi connectivity index (χ2n) is 7.69. The van der Waals surface area contributed by atoms with Crippen molar-refractivity contribution in [3.05, 3.63) is 88.1 Å². The SMILES string of the molecule is COc1ccc(C2=C(Nc3ccc(C)c(Cl)c3)C(=O)N(c3cc(C)ccc3OC)C2=O)cc1. The molecule has 4 rings (SSSR count). The lowest BCUT2D eigenvalue weighted by atomic mass is 10.0. The van der Waals surface area contributed by atoms with E-state index in [9.17, 15) is 9.59 Å². The molecule has 1 aliphatic rings. The number of nitrogens with one attached hydrogen (secondary N) is 1. The van der Waals surface area contributed by atoms with Crippen LogP contribution in [0.5, 0.6) is 11.5 Å². The fourth-order valence-corrected chi connectivity index (χ4v) is 3.86. The highest BCUT2D eigenvalue weighted by Crippen LogP contribution is 2.39. The molecule has 7 heteroatoms. The summed E-state index contributed by atoms with van der Waals surface area (Å²) in [7, 11) is 3.07. The van der Waals surface area contributed by atoms with Crippen molar-refractivity contribution in [3.63, 3.8) is 0 Å². The molecule has 0 saturated heterocycles. The number of methoxy groups -OCH3 is 2. The standard InChI is InChI=1S/C26H23ClN2O4/c1-15-5-12-22(33-4)21(13-15)29-25(30)23(17-7-10-19(32-3)11-8-17)24(26(29)31)28-18-9-6-16(2)20(27)14-18/h5-14,28H,1-4H3. The number of hydrogen-bond acceptors (Lipinski definition) is 5. The van der Waals surface area contributed by atoms with Crippen LogP contribution in [0.3, 0.4) is 0 Å². The highest BCUT2D eigenvalue weighted by atomic mass is 35.5. The van der Waals surface area contributed by atoms with Gasteiger partial charge in [0.25, 0.3) is 11.8 Å². The minimum Gasteiger partial charge on any atom is -0.497 e. The number of ether oxygens (including phenoxy) is 2. The molecule has 3 aromatic carbocycles. The Morgan fingerprint density at radius 3 is 2.21 bits per heavy atom. The first-order valence-corrected chi connectivity index (χ1v) is 10.7. The Kier molecular flexibility index (Phi) is 6.11. The molecule has 33 heavy (non-hydrogen) atoms. The topological polar surface area (TPSA) is 67.9 Å². The number of aryl methyl sites for hydroxylation is 2. The maximum absolute atomic E-state index is 13.7. The van der Waals surface area contributed by atoms with Gasteiger partial charge in [-0.25, -0.2) is 4.90 Å². The second-order valence-corrected chi connectivity index (χ2v) is 8.10. The molecule has 0 bridgehead atoms. The second kappa shape index (κ2) is 9.00. The largest absolute Gasteiger partial charge is 0.497 e. The predicted octanol–water partition coefficient (Wildman–Crippen LogP) is 5.37. The van der Waals surface area contributed by atoms with Crippen LogP contribution in [0.25, 0.3) is 5.57 Å². The third-order valence-electron chi connectivity index (χ3n) is 5.48. The molecule has 1 aliphatic heterocycles. The third kappa shape index (κ3) is 4.17. The highest BCUT2D eigenvalue weighted by molar-refractivity contribution is 6.46. The van der Waals surface area contributed by atoms with Gasteiger partial charge in [-0.1, -0.05) is 35.9 Å². The number of rotatable bonds is 6. The van der Waals surface area contributed by atoms with Crippen LogP contribution in [0.15, 0.2) is 66.4 Å². The lowest BCUT2D eigenvalue weighted by Crippen LogP contribution is -2.32. The van der Waals surface area contributed by atoms with Gasteiger partial charge in [0.05, 0.1) is 25.5 Å². The number of benzene rings is 3. The molecule has 168 valence electrons. The summed E-state index contributed by atoms with van der Waals surface area (Å²) in [6, 6.07) is 17.7. The van der Waals surface area contributed by atoms with Crippen LogP contribution in [-0.2, 0) is 9.59 Å². The lowest BCUT2D eigenvalue weighted by Gasteiger charge is -2.19. The van der Waals surface area contributed by atoms with Crippen molar-refractivity contribution >= 4 is 40.4 Å². The minimum atomic E-state index is -0.480. The molecule has 0 atom stereocenters. The molecule has 6 nitrogen and oxygen atoms in total. The third-order valence-corrected chi connectivity index (χ3v) is 5.89. The Hall–Kier alpha value is -3.77. The van der Waals surface area contributed by atoms with Gasteiger partial charge >= 0.3 is 0 Å². The molecule has 0 unspecified atom stereocenters. The molecular formula is C26H23ClN2O4. The van der Waals surface area contributed by atoms with Gasteiger partial charge in [0, 0.05) is 10.7 Å². The summed E-state index contributed by atoms with van der Waals surface area (Å²) in [6.07, 6.45) is 0. The monoisotopic (exact) mass is 462 g/mol. The van der Waals surface area contributed by atoms with E-state index in [4.69, 9.17) is 21.1 Å². The van der Waals surface area contributed by atoms with E-state index in [1.54, 1.807) is 49.6 Å². The molecule has 1 N–H and O–H groups in total. The lowest BCUT2D eigenvalue weighted by molar-refractivity contribution is -0.120. The van der Waals surface area contributed by atoms with Crippen molar-refractivity contribution in [1.82, 2.24) is 0 Å². The molecule has 0 fully saturated rings. The van der Waals surface area contributed by atoms with E-state index < -0.39 is 11.8 Å². The molecule has 0 aromatic heterocycles. The molecule has 3 aromatic rings. The number of amides is 2. The van der Waals surface area contributed by atoms with Crippen LogP contribution in [0.2, 0.25) is 5.02 Å². The Bertz CT molecular complexity index is 1280. The van der Waals surface area contributed by atoms with Gasteiger partial charge in [-0.05, 0) is 66.9 Å². The fraction of sp³-hybridized carbons (Fsp3) is 0.154. The van der Waals surface area contributed by atoms with Gasteiger partial charge in [-0.15, -0.1) is 0 Å². The number of hydrogen-bond donors (Lipinski definition) is 1. The normalized spacial score (nSPS) is 13.5. The minimum absolute atomic E-state index is 0.161. The van der Waals surface area contributed by atoms with Gasteiger partial charge in [0.2, 0.25) is 0 Å². The molecule has 2 amide bonds. The highest BCUT2D eigenvalue weighted by Gasteiger charge is 2.41. The van der Waals surface area contributed by atoms with Gasteiger partial charge in [0.1, 0.15) is 17.2 Å². The van der Waals surface area contributed by atoms with E-state index in [0.717, 1.165) is 16.0 Å². The zero-order valence-electron chi connectivity index (χ0n) is 18.7. The maximum Gasteiger partial charge on any atom is 0.282 e. The number of anilines is 2. The van der Waals surface area contributed by atoms with Crippen molar-refractivity contribution in [2.75, 3.05) is 24.4 Å². The summed E-state index contributed by atoms with van der Waals surface area (Å²) in [5.41, 5.74) is 3.79. The number of carbonyl (C=O) groups is 2. The predicted molar refractivity (Wildman–Crippen MR) is 130 cm³/mol. The number of nitrogens with zero attached hydrogens (tertiary/aromatic N) is 1. The van der Waals surface area contributed by atoms with Gasteiger partial charge in [-0.2, -0.15) is 0 Å². The smallest absolute Gasteiger partial charge is 0.282 e. The van der Waals surface area contributed by atoms with Gasteiger partial charge in [0.15, 0.2) is 0 Å². The van der Waals surface area contributed by atoms with Crippen molar-refractivity contribution in [2.45, 2.75) is 13.8 Å². The van der Waals surface area contributed by atoms with Crippen LogP contribution >= 0.6 is 11.6 Å². The summed E-state index contributed by atoms with van der Waals surface area (Å²) >= 11 is 6.28. The Morgan fingerprint density at radius 1 is 0.848 bits per heavy atom. The molecule has 0 radical (unpaired) electrons. The van der Waals surface area contributed by atoms with Crippen molar-refractivity contribution in [3.8, 4) is 11.5 Å². The first kappa shape index (κ1) is 22.4. The van der Waals surface area contributed by atoms with E-state index in [2.05, 4.69) is 5.32 Å². The van der Waals surface area contributed by atoms with Crippen LogP contribution in [-0.4, -0.2) is 26.0 Å². The molecule has 0 saturated carbocycles. The van der Waals surface area contributed by atoms with E-state index in [-0.39, 0.29) is 11.3 Å². The van der Waals surface area contributed by atoms with Crippen molar-refractivity contribution < 1.29 is 19.1 Å². The van der Waals surface area contributed by atoms with Crippen molar-refractivity contribution in [1.29, 1.82) is 0 Å². The number of carbonyl (C=O) groups excluding carboxylic acids is 2. The fourth-order valence-electron chi connectivity index (χ4n) is 3.68. The van der Waals surface area contributed by atoms with E-state index >= 15 is 0 Å². The summed E-state index contributed by atoms with van der Waals surface area (Å²) in [6.45, 7) is 3.78. The molecule has 0 spiro atoms. The summed E-state index contributed by atoms with van der Waals surface area (Å²) in [5, 5.41) is 3.69. The first-order chi connectivity index (χ1) is 15.8.